The van der Waals surface area contributed by atoms with Gasteiger partial charge in [0.2, 0.25) is 0 Å². The molecule has 0 spiro atoms. The van der Waals surface area contributed by atoms with E-state index in [1.54, 1.807) is 32.4 Å². The average Bonchev–Trinajstić information content (AvgIpc) is 2.39. The van der Waals surface area contributed by atoms with Crippen molar-refractivity contribution in [1.82, 2.24) is 0 Å². The molecule has 0 radical (unpaired) electrons. The van der Waals surface area contributed by atoms with E-state index in [4.69, 9.17) is 19.5 Å². The number of rotatable bonds is 4. The first-order valence-corrected chi connectivity index (χ1v) is 5.63. The highest BCUT2D eigenvalue weighted by Crippen LogP contribution is 2.32. The topological polar surface area (TPSA) is 51.5 Å². The molecule has 0 N–H and O–H groups in total. The van der Waals surface area contributed by atoms with Crippen LogP contribution in [0.5, 0.6) is 5.75 Å². The molecular formula is C14H15NO3. The molecule has 1 aliphatic rings. The molecule has 0 aliphatic carbocycles. The molecule has 0 fully saturated rings. The number of nitrogens with zero attached hydrogens (tertiary/aromatic N) is 1. The third kappa shape index (κ3) is 2.37. The van der Waals surface area contributed by atoms with Crippen molar-refractivity contribution in [3.05, 3.63) is 35.4 Å². The number of benzene rings is 1. The Kier molecular flexibility index (Phi) is 3.66. The minimum atomic E-state index is -0.593. The highest BCUT2D eigenvalue weighted by Gasteiger charge is 2.33. The number of fused-ring (bicyclic) bond motifs is 1. The molecule has 0 atom stereocenters. The monoisotopic (exact) mass is 245 g/mol. The Labute approximate surface area is 106 Å². The Balaban J connectivity index is 2.32. The zero-order chi connectivity index (χ0) is 13.0. The van der Waals surface area contributed by atoms with Crippen LogP contribution in [-0.2, 0) is 9.47 Å². The van der Waals surface area contributed by atoms with Crippen molar-refractivity contribution in [3.8, 4) is 11.8 Å². The standard InChI is InChI=1S/C14H15NO3/c1-16-9-14(10-17-2)6-5-12-7-11(8-15)3-4-13(12)18-14/h3-7H,9-10H2,1-2H3. The number of hydrogen-bond acceptors (Lipinski definition) is 4. The lowest BCUT2D eigenvalue weighted by Crippen LogP contribution is -2.44. The Morgan fingerprint density at radius 1 is 1.28 bits per heavy atom. The first-order chi connectivity index (χ1) is 8.73. The predicted molar refractivity (Wildman–Crippen MR) is 67.3 cm³/mol. The average molecular weight is 245 g/mol. The van der Waals surface area contributed by atoms with E-state index in [1.807, 2.05) is 12.2 Å². The van der Waals surface area contributed by atoms with Gasteiger partial charge in [0, 0.05) is 19.8 Å². The Bertz CT molecular complexity index is 496. The summed E-state index contributed by atoms with van der Waals surface area (Å²) in [5.41, 5.74) is 0.926. The number of methoxy groups -OCH3 is 2. The molecule has 0 unspecified atom stereocenters. The van der Waals surface area contributed by atoms with Crippen molar-refractivity contribution in [2.75, 3.05) is 27.4 Å². The molecule has 0 amide bonds. The summed E-state index contributed by atoms with van der Waals surface area (Å²) in [6.07, 6.45) is 3.86. The van der Waals surface area contributed by atoms with Gasteiger partial charge >= 0.3 is 0 Å². The summed E-state index contributed by atoms with van der Waals surface area (Å²) in [5.74, 6) is 0.741. The second-order valence-electron chi connectivity index (χ2n) is 4.23. The summed E-state index contributed by atoms with van der Waals surface area (Å²) in [6.45, 7) is 0.827. The molecule has 0 bridgehead atoms. The van der Waals surface area contributed by atoms with Gasteiger partial charge in [0.1, 0.15) is 5.75 Å². The number of hydrogen-bond donors (Lipinski definition) is 0. The van der Waals surface area contributed by atoms with E-state index >= 15 is 0 Å². The van der Waals surface area contributed by atoms with E-state index in [1.165, 1.54) is 0 Å². The van der Waals surface area contributed by atoms with Crippen molar-refractivity contribution < 1.29 is 14.2 Å². The molecule has 1 aliphatic heterocycles. The highest BCUT2D eigenvalue weighted by atomic mass is 16.6. The lowest BCUT2D eigenvalue weighted by molar-refractivity contribution is -0.0278. The first-order valence-electron chi connectivity index (χ1n) is 5.63. The van der Waals surface area contributed by atoms with Crippen LogP contribution in [0.15, 0.2) is 24.3 Å². The van der Waals surface area contributed by atoms with Crippen molar-refractivity contribution in [1.29, 1.82) is 5.26 Å². The molecule has 2 rings (SSSR count). The fourth-order valence-corrected chi connectivity index (χ4v) is 2.02. The van der Waals surface area contributed by atoms with Gasteiger partial charge < -0.3 is 14.2 Å². The zero-order valence-electron chi connectivity index (χ0n) is 10.5. The minimum Gasteiger partial charge on any atom is -0.478 e. The van der Waals surface area contributed by atoms with Crippen LogP contribution >= 0.6 is 0 Å². The Hall–Kier alpha value is -1.83. The maximum atomic E-state index is 8.86. The number of nitriles is 1. The van der Waals surface area contributed by atoms with Crippen LogP contribution in [0.2, 0.25) is 0 Å². The maximum Gasteiger partial charge on any atom is 0.174 e. The van der Waals surface area contributed by atoms with Gasteiger partial charge in [0.05, 0.1) is 24.8 Å². The largest absolute Gasteiger partial charge is 0.478 e. The summed E-state index contributed by atoms with van der Waals surface area (Å²) in [4.78, 5) is 0. The lowest BCUT2D eigenvalue weighted by atomic mass is 9.99. The van der Waals surface area contributed by atoms with Gasteiger partial charge in [-0.1, -0.05) is 6.08 Å². The van der Waals surface area contributed by atoms with Crippen molar-refractivity contribution >= 4 is 6.08 Å². The van der Waals surface area contributed by atoms with Gasteiger partial charge in [-0.05, 0) is 24.3 Å². The van der Waals surface area contributed by atoms with Gasteiger partial charge in [-0.2, -0.15) is 5.26 Å². The van der Waals surface area contributed by atoms with E-state index in [2.05, 4.69) is 6.07 Å². The molecule has 1 heterocycles. The quantitative estimate of drug-likeness (QED) is 0.814. The van der Waals surface area contributed by atoms with Gasteiger partial charge in [0.25, 0.3) is 0 Å². The summed E-state index contributed by atoms with van der Waals surface area (Å²) >= 11 is 0. The molecule has 1 aromatic rings. The fraction of sp³-hybridized carbons (Fsp3) is 0.357. The lowest BCUT2D eigenvalue weighted by Gasteiger charge is -2.33. The zero-order valence-corrected chi connectivity index (χ0v) is 10.5. The van der Waals surface area contributed by atoms with E-state index in [0.717, 1.165) is 11.3 Å². The summed E-state index contributed by atoms with van der Waals surface area (Å²) in [5, 5.41) is 8.86. The van der Waals surface area contributed by atoms with Gasteiger partial charge in [0.15, 0.2) is 5.60 Å². The van der Waals surface area contributed by atoms with Crippen molar-refractivity contribution in [2.24, 2.45) is 0 Å². The van der Waals surface area contributed by atoms with Crippen LogP contribution in [0.4, 0.5) is 0 Å². The van der Waals surface area contributed by atoms with Gasteiger partial charge in [-0.15, -0.1) is 0 Å². The molecule has 0 saturated heterocycles. The fourth-order valence-electron chi connectivity index (χ4n) is 2.02. The summed E-state index contributed by atoms with van der Waals surface area (Å²) < 4.78 is 16.3. The maximum absolute atomic E-state index is 8.86. The molecule has 4 nitrogen and oxygen atoms in total. The minimum absolute atomic E-state index is 0.413. The van der Waals surface area contributed by atoms with Crippen LogP contribution in [0, 0.1) is 11.3 Å². The van der Waals surface area contributed by atoms with Crippen molar-refractivity contribution in [2.45, 2.75) is 5.60 Å². The normalized spacial score (nSPS) is 15.6. The highest BCUT2D eigenvalue weighted by molar-refractivity contribution is 5.63. The predicted octanol–water partition coefficient (Wildman–Crippen LogP) is 2.00. The second-order valence-corrected chi connectivity index (χ2v) is 4.23. The van der Waals surface area contributed by atoms with E-state index in [0.29, 0.717) is 18.8 Å². The van der Waals surface area contributed by atoms with E-state index < -0.39 is 5.60 Å². The van der Waals surface area contributed by atoms with Crippen LogP contribution in [0.25, 0.3) is 6.08 Å². The number of ether oxygens (including phenoxy) is 3. The molecule has 0 aromatic heterocycles. The third-order valence-corrected chi connectivity index (χ3v) is 2.80. The molecule has 4 heteroatoms. The smallest absolute Gasteiger partial charge is 0.174 e. The molecular weight excluding hydrogens is 230 g/mol. The molecule has 0 saturated carbocycles. The van der Waals surface area contributed by atoms with Crippen LogP contribution in [0.3, 0.4) is 0 Å². The van der Waals surface area contributed by atoms with Crippen LogP contribution in [0.1, 0.15) is 11.1 Å². The van der Waals surface area contributed by atoms with Crippen LogP contribution < -0.4 is 4.74 Å². The van der Waals surface area contributed by atoms with Gasteiger partial charge in [-0.3, -0.25) is 0 Å². The van der Waals surface area contributed by atoms with Crippen molar-refractivity contribution in [3.63, 3.8) is 0 Å². The molecule has 18 heavy (non-hydrogen) atoms. The summed E-state index contributed by atoms with van der Waals surface area (Å²) in [7, 11) is 3.26. The molecule has 1 aromatic carbocycles. The Morgan fingerprint density at radius 3 is 2.61 bits per heavy atom. The van der Waals surface area contributed by atoms with E-state index in [-0.39, 0.29) is 0 Å². The third-order valence-electron chi connectivity index (χ3n) is 2.80. The Morgan fingerprint density at radius 2 is 2.00 bits per heavy atom. The SMILES string of the molecule is COCC1(COC)C=Cc2cc(C#N)ccc2O1. The van der Waals surface area contributed by atoms with E-state index in [9.17, 15) is 0 Å². The molecule has 94 valence electrons. The van der Waals surface area contributed by atoms with Gasteiger partial charge in [-0.25, -0.2) is 0 Å². The van der Waals surface area contributed by atoms with Crippen LogP contribution in [-0.4, -0.2) is 33.0 Å². The first kappa shape index (κ1) is 12.6. The summed E-state index contributed by atoms with van der Waals surface area (Å²) in [6, 6.07) is 7.45. The second kappa shape index (κ2) is 5.21.